The minimum absolute atomic E-state index is 0.158. The lowest BCUT2D eigenvalue weighted by atomic mass is 10.1. The first kappa shape index (κ1) is 16.1. The van der Waals surface area contributed by atoms with Crippen molar-refractivity contribution in [2.45, 2.75) is 19.4 Å². The predicted octanol–water partition coefficient (Wildman–Crippen LogP) is 1.65. The molecule has 0 saturated carbocycles. The van der Waals surface area contributed by atoms with Gasteiger partial charge in [0.15, 0.2) is 11.5 Å². The number of rotatable bonds is 6. The van der Waals surface area contributed by atoms with Crippen molar-refractivity contribution in [2.24, 2.45) is 0 Å². The van der Waals surface area contributed by atoms with E-state index in [4.69, 9.17) is 14.2 Å². The Bertz CT molecular complexity index is 461. The summed E-state index contributed by atoms with van der Waals surface area (Å²) in [5.74, 6) is 1.31. The lowest BCUT2D eigenvalue weighted by Gasteiger charge is -2.23. The summed E-state index contributed by atoms with van der Waals surface area (Å²) in [4.78, 5) is 12.1. The molecule has 1 aromatic carbocycles. The zero-order valence-corrected chi connectivity index (χ0v) is 12.8. The Balaban J connectivity index is 3.11. The van der Waals surface area contributed by atoms with Crippen LogP contribution in [0.5, 0.6) is 17.2 Å². The molecule has 112 valence electrons. The van der Waals surface area contributed by atoms with Crippen LogP contribution in [-0.4, -0.2) is 39.8 Å². The summed E-state index contributed by atoms with van der Waals surface area (Å²) in [6.07, 6.45) is 0. The van der Waals surface area contributed by atoms with E-state index >= 15 is 0 Å². The number of nitrogens with one attached hydrogen (secondary N) is 2. The van der Waals surface area contributed by atoms with E-state index in [2.05, 4.69) is 10.6 Å². The summed E-state index contributed by atoms with van der Waals surface area (Å²) in [6.45, 7) is 3.58. The average Bonchev–Trinajstić information content (AvgIpc) is 2.45. The molecule has 0 saturated heterocycles. The molecule has 0 atom stereocenters. The fourth-order valence-corrected chi connectivity index (χ4v) is 1.55. The Kier molecular flexibility index (Phi) is 5.21. The van der Waals surface area contributed by atoms with Crippen LogP contribution in [0.1, 0.15) is 13.8 Å². The first-order valence-electron chi connectivity index (χ1n) is 6.20. The average molecular weight is 282 g/mol. The summed E-state index contributed by atoms with van der Waals surface area (Å²) < 4.78 is 15.7. The van der Waals surface area contributed by atoms with Gasteiger partial charge < -0.3 is 24.8 Å². The standard InChI is InChI=1S/C14H22N2O4/c1-14(2,15-3)13(17)16-9-7-10(18-4)12(20-6)11(8-9)19-5/h7-8,15H,1-6H3,(H,16,17). The highest BCUT2D eigenvalue weighted by Crippen LogP contribution is 2.40. The Labute approximate surface area is 119 Å². The maximum absolute atomic E-state index is 12.1. The number of ether oxygens (including phenoxy) is 3. The van der Waals surface area contributed by atoms with E-state index in [0.717, 1.165) is 0 Å². The molecular formula is C14H22N2O4. The van der Waals surface area contributed by atoms with Crippen LogP contribution in [0.15, 0.2) is 12.1 Å². The number of likely N-dealkylation sites (N-methyl/N-ethyl adjacent to an activating group) is 1. The van der Waals surface area contributed by atoms with Crippen molar-refractivity contribution >= 4 is 11.6 Å². The van der Waals surface area contributed by atoms with E-state index in [1.165, 1.54) is 21.3 Å². The Morgan fingerprint density at radius 1 is 1.05 bits per heavy atom. The van der Waals surface area contributed by atoms with Gasteiger partial charge in [0.1, 0.15) is 0 Å². The number of carbonyl (C=O) groups excluding carboxylic acids is 1. The van der Waals surface area contributed by atoms with Gasteiger partial charge in [-0.15, -0.1) is 0 Å². The molecule has 0 aliphatic heterocycles. The van der Waals surface area contributed by atoms with Crippen LogP contribution in [0.25, 0.3) is 0 Å². The number of amides is 1. The van der Waals surface area contributed by atoms with Gasteiger partial charge >= 0.3 is 0 Å². The molecule has 0 radical (unpaired) electrons. The molecule has 6 nitrogen and oxygen atoms in total. The molecule has 1 amide bonds. The molecule has 0 heterocycles. The minimum atomic E-state index is -0.680. The zero-order chi connectivity index (χ0) is 15.3. The van der Waals surface area contributed by atoms with Crippen LogP contribution in [0.2, 0.25) is 0 Å². The quantitative estimate of drug-likeness (QED) is 0.830. The van der Waals surface area contributed by atoms with Crippen LogP contribution >= 0.6 is 0 Å². The Hall–Kier alpha value is -1.95. The second-order valence-electron chi connectivity index (χ2n) is 4.74. The van der Waals surface area contributed by atoms with Gasteiger partial charge in [0, 0.05) is 17.8 Å². The topological polar surface area (TPSA) is 68.8 Å². The van der Waals surface area contributed by atoms with Crippen LogP contribution in [0.4, 0.5) is 5.69 Å². The fourth-order valence-electron chi connectivity index (χ4n) is 1.55. The van der Waals surface area contributed by atoms with E-state index in [-0.39, 0.29) is 5.91 Å². The van der Waals surface area contributed by atoms with Gasteiger partial charge in [-0.1, -0.05) is 0 Å². The fraction of sp³-hybridized carbons (Fsp3) is 0.500. The third-order valence-electron chi connectivity index (χ3n) is 3.12. The molecule has 1 aromatic rings. The summed E-state index contributed by atoms with van der Waals surface area (Å²) in [5, 5.41) is 5.76. The first-order valence-corrected chi connectivity index (χ1v) is 6.20. The molecule has 6 heteroatoms. The van der Waals surface area contributed by atoms with Crippen molar-refractivity contribution in [3.8, 4) is 17.2 Å². The predicted molar refractivity (Wildman–Crippen MR) is 77.9 cm³/mol. The van der Waals surface area contributed by atoms with E-state index < -0.39 is 5.54 Å². The molecule has 0 aliphatic carbocycles. The van der Waals surface area contributed by atoms with E-state index in [0.29, 0.717) is 22.9 Å². The van der Waals surface area contributed by atoms with Crippen LogP contribution in [0.3, 0.4) is 0 Å². The molecule has 0 spiro atoms. The smallest absolute Gasteiger partial charge is 0.244 e. The second kappa shape index (κ2) is 6.47. The SMILES string of the molecule is CNC(C)(C)C(=O)Nc1cc(OC)c(OC)c(OC)c1. The molecule has 0 fully saturated rings. The summed E-state index contributed by atoms with van der Waals surface area (Å²) >= 11 is 0. The zero-order valence-electron chi connectivity index (χ0n) is 12.8. The molecule has 0 bridgehead atoms. The van der Waals surface area contributed by atoms with Gasteiger partial charge in [-0.25, -0.2) is 0 Å². The normalized spacial score (nSPS) is 10.9. The van der Waals surface area contributed by atoms with Crippen molar-refractivity contribution in [3.63, 3.8) is 0 Å². The van der Waals surface area contributed by atoms with Crippen molar-refractivity contribution < 1.29 is 19.0 Å². The van der Waals surface area contributed by atoms with Gasteiger partial charge in [-0.3, -0.25) is 4.79 Å². The van der Waals surface area contributed by atoms with Crippen molar-refractivity contribution in [1.29, 1.82) is 0 Å². The van der Waals surface area contributed by atoms with Crippen LogP contribution in [0, 0.1) is 0 Å². The highest BCUT2D eigenvalue weighted by Gasteiger charge is 2.26. The highest BCUT2D eigenvalue weighted by atomic mass is 16.5. The number of benzene rings is 1. The lowest BCUT2D eigenvalue weighted by molar-refractivity contribution is -0.121. The highest BCUT2D eigenvalue weighted by molar-refractivity contribution is 5.98. The van der Waals surface area contributed by atoms with Gasteiger partial charge in [0.25, 0.3) is 0 Å². The molecule has 0 aromatic heterocycles. The monoisotopic (exact) mass is 282 g/mol. The molecular weight excluding hydrogens is 260 g/mol. The third kappa shape index (κ3) is 3.33. The van der Waals surface area contributed by atoms with E-state index in [1.54, 1.807) is 33.0 Å². The van der Waals surface area contributed by atoms with Gasteiger partial charge in [0.05, 0.1) is 26.9 Å². The van der Waals surface area contributed by atoms with Gasteiger partial charge in [-0.05, 0) is 20.9 Å². The lowest BCUT2D eigenvalue weighted by Crippen LogP contribution is -2.47. The van der Waals surface area contributed by atoms with E-state index in [1.807, 2.05) is 0 Å². The Morgan fingerprint density at radius 3 is 1.90 bits per heavy atom. The molecule has 1 rings (SSSR count). The minimum Gasteiger partial charge on any atom is -0.493 e. The number of methoxy groups -OCH3 is 3. The summed E-state index contributed by atoms with van der Waals surface area (Å²) in [7, 11) is 6.32. The summed E-state index contributed by atoms with van der Waals surface area (Å²) in [5.41, 5.74) is -0.103. The molecule has 2 N–H and O–H groups in total. The number of hydrogen-bond acceptors (Lipinski definition) is 5. The molecule has 20 heavy (non-hydrogen) atoms. The van der Waals surface area contributed by atoms with Gasteiger partial charge in [0.2, 0.25) is 11.7 Å². The Morgan fingerprint density at radius 2 is 1.55 bits per heavy atom. The van der Waals surface area contributed by atoms with Crippen molar-refractivity contribution in [2.75, 3.05) is 33.7 Å². The molecule has 0 unspecified atom stereocenters. The van der Waals surface area contributed by atoms with Crippen molar-refractivity contribution in [3.05, 3.63) is 12.1 Å². The van der Waals surface area contributed by atoms with Crippen LogP contribution in [-0.2, 0) is 4.79 Å². The van der Waals surface area contributed by atoms with Crippen LogP contribution < -0.4 is 24.8 Å². The number of hydrogen-bond donors (Lipinski definition) is 2. The summed E-state index contributed by atoms with van der Waals surface area (Å²) in [6, 6.07) is 3.37. The van der Waals surface area contributed by atoms with Gasteiger partial charge in [-0.2, -0.15) is 0 Å². The van der Waals surface area contributed by atoms with E-state index in [9.17, 15) is 4.79 Å². The first-order chi connectivity index (χ1) is 9.39. The second-order valence-corrected chi connectivity index (χ2v) is 4.74. The molecule has 0 aliphatic rings. The van der Waals surface area contributed by atoms with Crippen molar-refractivity contribution in [1.82, 2.24) is 5.32 Å². The number of anilines is 1. The largest absolute Gasteiger partial charge is 0.493 e. The number of carbonyl (C=O) groups is 1. The maximum Gasteiger partial charge on any atom is 0.244 e. The maximum atomic E-state index is 12.1. The third-order valence-corrected chi connectivity index (χ3v) is 3.12.